The predicted molar refractivity (Wildman–Crippen MR) is 99.4 cm³/mol. The number of aromatic nitrogens is 2. The van der Waals surface area contributed by atoms with Gasteiger partial charge in [0.1, 0.15) is 0 Å². The lowest BCUT2D eigenvalue weighted by Gasteiger charge is -2.10. The first kappa shape index (κ1) is 17.5. The van der Waals surface area contributed by atoms with Crippen LogP contribution in [0.25, 0.3) is 11.3 Å². The molecule has 0 saturated heterocycles. The zero-order valence-electron chi connectivity index (χ0n) is 15.0. The third-order valence-electron chi connectivity index (χ3n) is 4.08. The van der Waals surface area contributed by atoms with E-state index < -0.39 is 0 Å². The third-order valence-corrected chi connectivity index (χ3v) is 4.08. The maximum atomic E-state index is 12.4. The number of benzene rings is 2. The van der Waals surface area contributed by atoms with Gasteiger partial charge in [-0.3, -0.25) is 9.48 Å². The SMILES string of the molecule is COc1ccc(CNC(=O)c2cc(-c3ccccc3)n(C)n2)cc1OC. The highest BCUT2D eigenvalue weighted by atomic mass is 16.5. The number of carbonyl (C=O) groups excluding carboxylic acids is 1. The molecule has 26 heavy (non-hydrogen) atoms. The van der Waals surface area contributed by atoms with Gasteiger partial charge in [0.2, 0.25) is 0 Å². The Morgan fingerprint density at radius 2 is 1.77 bits per heavy atom. The van der Waals surface area contributed by atoms with Crippen molar-refractivity contribution < 1.29 is 14.3 Å². The number of amides is 1. The minimum atomic E-state index is -0.224. The number of nitrogens with zero attached hydrogens (tertiary/aromatic N) is 2. The van der Waals surface area contributed by atoms with Crippen LogP contribution in [0.2, 0.25) is 0 Å². The van der Waals surface area contributed by atoms with Crippen LogP contribution in [0.5, 0.6) is 11.5 Å². The lowest BCUT2D eigenvalue weighted by molar-refractivity contribution is 0.0945. The van der Waals surface area contributed by atoms with Crippen LogP contribution >= 0.6 is 0 Å². The molecule has 6 nitrogen and oxygen atoms in total. The summed E-state index contributed by atoms with van der Waals surface area (Å²) in [6.07, 6.45) is 0. The molecule has 0 radical (unpaired) electrons. The number of hydrogen-bond acceptors (Lipinski definition) is 4. The lowest BCUT2D eigenvalue weighted by atomic mass is 10.1. The zero-order valence-corrected chi connectivity index (χ0v) is 15.0. The maximum Gasteiger partial charge on any atom is 0.272 e. The van der Waals surface area contributed by atoms with E-state index in [4.69, 9.17) is 9.47 Å². The summed E-state index contributed by atoms with van der Waals surface area (Å²) in [4.78, 5) is 12.4. The molecule has 6 heteroatoms. The second kappa shape index (κ2) is 7.74. The second-order valence-corrected chi connectivity index (χ2v) is 5.78. The quantitative estimate of drug-likeness (QED) is 0.741. The van der Waals surface area contributed by atoms with Crippen molar-refractivity contribution in [2.24, 2.45) is 7.05 Å². The van der Waals surface area contributed by atoms with E-state index in [9.17, 15) is 4.79 Å². The Hall–Kier alpha value is -3.28. The van der Waals surface area contributed by atoms with Crippen LogP contribution in [0.1, 0.15) is 16.1 Å². The normalized spacial score (nSPS) is 10.4. The van der Waals surface area contributed by atoms with Gasteiger partial charge in [-0.15, -0.1) is 0 Å². The van der Waals surface area contributed by atoms with Crippen molar-refractivity contribution in [1.82, 2.24) is 15.1 Å². The predicted octanol–water partition coefficient (Wildman–Crippen LogP) is 3.03. The molecule has 1 aromatic heterocycles. The summed E-state index contributed by atoms with van der Waals surface area (Å²) in [5, 5.41) is 7.21. The number of aryl methyl sites for hydroxylation is 1. The Labute approximate surface area is 152 Å². The van der Waals surface area contributed by atoms with Crippen molar-refractivity contribution in [3.8, 4) is 22.8 Å². The fraction of sp³-hybridized carbons (Fsp3) is 0.200. The molecule has 0 aliphatic heterocycles. The molecule has 0 fully saturated rings. The molecule has 0 saturated carbocycles. The summed E-state index contributed by atoms with van der Waals surface area (Å²) in [7, 11) is 5.00. The van der Waals surface area contributed by atoms with Crippen LogP contribution in [-0.4, -0.2) is 29.9 Å². The molecule has 3 rings (SSSR count). The summed E-state index contributed by atoms with van der Waals surface area (Å²) in [5.41, 5.74) is 3.20. The molecule has 0 aliphatic rings. The first-order valence-corrected chi connectivity index (χ1v) is 8.21. The van der Waals surface area contributed by atoms with Gasteiger partial charge in [-0.05, 0) is 29.3 Å². The van der Waals surface area contributed by atoms with E-state index in [-0.39, 0.29) is 5.91 Å². The monoisotopic (exact) mass is 351 g/mol. The molecule has 0 unspecified atom stereocenters. The van der Waals surface area contributed by atoms with Gasteiger partial charge < -0.3 is 14.8 Å². The molecule has 1 N–H and O–H groups in total. The van der Waals surface area contributed by atoms with E-state index in [1.807, 2.05) is 55.6 Å². The summed E-state index contributed by atoms with van der Waals surface area (Å²) >= 11 is 0. The van der Waals surface area contributed by atoms with E-state index >= 15 is 0 Å². The summed E-state index contributed by atoms with van der Waals surface area (Å²) in [5.74, 6) is 1.06. The maximum absolute atomic E-state index is 12.4. The Kier molecular flexibility index (Phi) is 5.22. The van der Waals surface area contributed by atoms with Crippen LogP contribution in [0.15, 0.2) is 54.6 Å². The molecule has 1 heterocycles. The first-order chi connectivity index (χ1) is 12.6. The van der Waals surface area contributed by atoms with Gasteiger partial charge in [0.05, 0.1) is 19.9 Å². The number of ether oxygens (including phenoxy) is 2. The van der Waals surface area contributed by atoms with Gasteiger partial charge in [-0.25, -0.2) is 0 Å². The van der Waals surface area contributed by atoms with Crippen LogP contribution in [0, 0.1) is 0 Å². The van der Waals surface area contributed by atoms with E-state index in [2.05, 4.69) is 10.4 Å². The van der Waals surface area contributed by atoms with Crippen LogP contribution in [0.4, 0.5) is 0 Å². The minimum Gasteiger partial charge on any atom is -0.493 e. The van der Waals surface area contributed by atoms with E-state index in [1.165, 1.54) is 0 Å². The van der Waals surface area contributed by atoms with Gasteiger partial charge in [0.25, 0.3) is 5.91 Å². The molecule has 2 aromatic carbocycles. The minimum absolute atomic E-state index is 0.224. The highest BCUT2D eigenvalue weighted by Gasteiger charge is 2.14. The molecular weight excluding hydrogens is 330 g/mol. The Morgan fingerprint density at radius 3 is 2.46 bits per heavy atom. The van der Waals surface area contributed by atoms with Crippen molar-refractivity contribution in [3.63, 3.8) is 0 Å². The number of carbonyl (C=O) groups is 1. The summed E-state index contributed by atoms with van der Waals surface area (Å²) < 4.78 is 12.2. The van der Waals surface area contributed by atoms with Crippen molar-refractivity contribution in [3.05, 3.63) is 65.9 Å². The molecule has 0 aliphatic carbocycles. The van der Waals surface area contributed by atoms with Crippen molar-refractivity contribution in [1.29, 1.82) is 0 Å². The van der Waals surface area contributed by atoms with E-state index in [0.717, 1.165) is 16.8 Å². The van der Waals surface area contributed by atoms with Crippen molar-refractivity contribution in [2.75, 3.05) is 14.2 Å². The number of rotatable bonds is 6. The number of nitrogens with one attached hydrogen (secondary N) is 1. The van der Waals surface area contributed by atoms with E-state index in [1.54, 1.807) is 25.0 Å². The molecular formula is C20H21N3O3. The summed E-state index contributed by atoms with van der Waals surface area (Å²) in [6, 6.07) is 17.2. The largest absolute Gasteiger partial charge is 0.493 e. The fourth-order valence-electron chi connectivity index (χ4n) is 2.72. The molecule has 0 spiro atoms. The second-order valence-electron chi connectivity index (χ2n) is 5.78. The van der Waals surface area contributed by atoms with Gasteiger partial charge in [0, 0.05) is 13.6 Å². The topological polar surface area (TPSA) is 65.4 Å². The Morgan fingerprint density at radius 1 is 1.04 bits per heavy atom. The van der Waals surface area contributed by atoms with Crippen LogP contribution < -0.4 is 14.8 Å². The van der Waals surface area contributed by atoms with E-state index in [0.29, 0.717) is 23.7 Å². The number of hydrogen-bond donors (Lipinski definition) is 1. The molecule has 0 bridgehead atoms. The summed E-state index contributed by atoms with van der Waals surface area (Å²) in [6.45, 7) is 0.371. The standard InChI is InChI=1S/C20H21N3O3/c1-23-17(15-7-5-4-6-8-15)12-16(22-23)20(24)21-13-14-9-10-18(25-2)19(11-14)26-3/h4-12H,13H2,1-3H3,(H,21,24). The van der Waals surface area contributed by atoms with Crippen LogP contribution in [-0.2, 0) is 13.6 Å². The first-order valence-electron chi connectivity index (χ1n) is 8.21. The lowest BCUT2D eigenvalue weighted by Crippen LogP contribution is -2.23. The zero-order chi connectivity index (χ0) is 18.5. The fourth-order valence-corrected chi connectivity index (χ4v) is 2.72. The molecule has 0 atom stereocenters. The third kappa shape index (κ3) is 3.69. The van der Waals surface area contributed by atoms with Gasteiger partial charge in [-0.1, -0.05) is 36.4 Å². The number of methoxy groups -OCH3 is 2. The molecule has 3 aromatic rings. The Bertz CT molecular complexity index is 904. The van der Waals surface area contributed by atoms with Gasteiger partial charge in [-0.2, -0.15) is 5.10 Å². The van der Waals surface area contributed by atoms with Gasteiger partial charge >= 0.3 is 0 Å². The smallest absolute Gasteiger partial charge is 0.272 e. The molecule has 1 amide bonds. The highest BCUT2D eigenvalue weighted by molar-refractivity contribution is 5.93. The van der Waals surface area contributed by atoms with Gasteiger partial charge in [0.15, 0.2) is 17.2 Å². The van der Waals surface area contributed by atoms with Crippen molar-refractivity contribution in [2.45, 2.75) is 6.54 Å². The van der Waals surface area contributed by atoms with Crippen LogP contribution in [0.3, 0.4) is 0 Å². The average Bonchev–Trinajstić information content (AvgIpc) is 3.08. The highest BCUT2D eigenvalue weighted by Crippen LogP contribution is 2.27. The Balaban J connectivity index is 1.71. The van der Waals surface area contributed by atoms with Crippen molar-refractivity contribution >= 4 is 5.91 Å². The average molecular weight is 351 g/mol. The molecule has 134 valence electrons.